The largest absolute Gasteiger partial charge is 0.481 e. The van der Waals surface area contributed by atoms with Crippen LogP contribution >= 0.6 is 0 Å². The molecule has 0 radical (unpaired) electrons. The van der Waals surface area contributed by atoms with E-state index in [1.165, 1.54) is 6.92 Å². The molecule has 180 valence electrons. The SMILES string of the molecule is CC(=O)[C@H](CCC(=O)O)NC(=O)[C@@H](NCCNC(=O)COC1C#CCCCCC1)C(C)C. The standard InChI is InChI=1S/C23H37N3O6/c1-16(2)22(23(31)26-19(17(3)27)11-12-21(29)30)25-14-13-24-20(28)15-32-18-9-7-5-4-6-8-10-18/h16,18-19,22,25H,4-7,9,11-15H2,1-3H3,(H,24,28)(H,26,31)(H,29,30)/t18?,19-,22-/m0/s1. The quantitative estimate of drug-likeness (QED) is 0.229. The summed E-state index contributed by atoms with van der Waals surface area (Å²) in [5.74, 6) is 4.14. The van der Waals surface area contributed by atoms with Gasteiger partial charge in [-0.2, -0.15) is 0 Å². The zero-order chi connectivity index (χ0) is 23.9. The Morgan fingerprint density at radius 3 is 2.53 bits per heavy atom. The lowest BCUT2D eigenvalue weighted by atomic mass is 10.0. The van der Waals surface area contributed by atoms with Crippen LogP contribution in [0, 0.1) is 17.8 Å². The molecule has 0 spiro atoms. The van der Waals surface area contributed by atoms with E-state index in [4.69, 9.17) is 9.84 Å². The maximum atomic E-state index is 12.6. The van der Waals surface area contributed by atoms with Crippen molar-refractivity contribution >= 4 is 23.6 Å². The van der Waals surface area contributed by atoms with Gasteiger partial charge in [0.15, 0.2) is 5.78 Å². The van der Waals surface area contributed by atoms with Crippen LogP contribution < -0.4 is 16.0 Å². The summed E-state index contributed by atoms with van der Waals surface area (Å²) in [4.78, 5) is 47.1. The highest BCUT2D eigenvalue weighted by molar-refractivity contribution is 5.90. The summed E-state index contributed by atoms with van der Waals surface area (Å²) in [7, 11) is 0. The van der Waals surface area contributed by atoms with Gasteiger partial charge in [-0.15, -0.1) is 5.92 Å². The predicted octanol–water partition coefficient (Wildman–Crippen LogP) is 1.01. The maximum absolute atomic E-state index is 12.6. The Labute approximate surface area is 190 Å². The summed E-state index contributed by atoms with van der Waals surface area (Å²) in [6.07, 6.45) is 4.63. The molecule has 2 amide bonds. The van der Waals surface area contributed by atoms with Crippen LogP contribution in [0.5, 0.6) is 0 Å². The summed E-state index contributed by atoms with van der Waals surface area (Å²) in [5, 5.41) is 17.3. The minimum Gasteiger partial charge on any atom is -0.481 e. The molecule has 1 aliphatic carbocycles. The molecule has 4 N–H and O–H groups in total. The first kappa shape index (κ1) is 27.6. The second-order valence-corrected chi connectivity index (χ2v) is 8.35. The van der Waals surface area contributed by atoms with Crippen LogP contribution in [-0.4, -0.2) is 66.6 Å². The predicted molar refractivity (Wildman–Crippen MR) is 120 cm³/mol. The van der Waals surface area contributed by atoms with Crippen LogP contribution in [0.15, 0.2) is 0 Å². The topological polar surface area (TPSA) is 134 Å². The van der Waals surface area contributed by atoms with Crippen molar-refractivity contribution in [3.8, 4) is 11.8 Å². The first-order chi connectivity index (χ1) is 15.2. The number of Topliss-reactive ketones (excluding diaryl/α,β-unsaturated/α-hetero) is 1. The number of carbonyl (C=O) groups excluding carboxylic acids is 3. The van der Waals surface area contributed by atoms with E-state index >= 15 is 0 Å². The molecule has 9 heteroatoms. The second-order valence-electron chi connectivity index (χ2n) is 8.35. The van der Waals surface area contributed by atoms with E-state index in [-0.39, 0.29) is 49.1 Å². The van der Waals surface area contributed by atoms with E-state index in [0.29, 0.717) is 13.1 Å². The Balaban J connectivity index is 2.39. The lowest BCUT2D eigenvalue weighted by Gasteiger charge is -2.24. The molecule has 0 aromatic heterocycles. The van der Waals surface area contributed by atoms with Gasteiger partial charge in [0.1, 0.15) is 12.7 Å². The third-order valence-electron chi connectivity index (χ3n) is 5.16. The fourth-order valence-corrected chi connectivity index (χ4v) is 3.30. The Kier molecular flexibility index (Phi) is 13.3. The number of rotatable bonds is 14. The molecule has 1 rings (SSSR count). The molecular weight excluding hydrogens is 414 g/mol. The van der Waals surface area contributed by atoms with Crippen molar-refractivity contribution in [3.63, 3.8) is 0 Å². The van der Waals surface area contributed by atoms with Crippen LogP contribution in [0.2, 0.25) is 0 Å². The summed E-state index contributed by atoms with van der Waals surface area (Å²) in [6.45, 7) is 5.65. The molecule has 0 saturated carbocycles. The molecule has 3 atom stereocenters. The van der Waals surface area contributed by atoms with Crippen molar-refractivity contribution in [3.05, 3.63) is 0 Å². The highest BCUT2D eigenvalue weighted by Crippen LogP contribution is 2.10. The molecule has 0 saturated heterocycles. The molecule has 0 aromatic carbocycles. The highest BCUT2D eigenvalue weighted by Gasteiger charge is 2.26. The zero-order valence-electron chi connectivity index (χ0n) is 19.4. The molecule has 0 heterocycles. The van der Waals surface area contributed by atoms with Gasteiger partial charge in [-0.05, 0) is 38.5 Å². The fourth-order valence-electron chi connectivity index (χ4n) is 3.30. The van der Waals surface area contributed by atoms with E-state index in [2.05, 4.69) is 27.8 Å². The summed E-state index contributed by atoms with van der Waals surface area (Å²) in [5.41, 5.74) is 0. The number of nitrogens with one attached hydrogen (secondary N) is 3. The Hall–Kier alpha value is -2.44. The van der Waals surface area contributed by atoms with Crippen molar-refractivity contribution in [2.24, 2.45) is 5.92 Å². The number of carbonyl (C=O) groups is 4. The van der Waals surface area contributed by atoms with Gasteiger partial charge in [-0.1, -0.05) is 26.2 Å². The number of carboxylic acid groups (broad SMARTS) is 1. The smallest absolute Gasteiger partial charge is 0.303 e. The molecule has 1 unspecified atom stereocenters. The van der Waals surface area contributed by atoms with Crippen molar-refractivity contribution in [1.29, 1.82) is 0 Å². The Morgan fingerprint density at radius 2 is 1.88 bits per heavy atom. The number of amides is 2. The molecule has 0 aliphatic heterocycles. The number of aliphatic carboxylic acids is 1. The van der Waals surface area contributed by atoms with E-state index in [1.807, 2.05) is 13.8 Å². The molecule has 0 aromatic rings. The van der Waals surface area contributed by atoms with Crippen molar-refractivity contribution < 1.29 is 29.0 Å². The molecular formula is C23H37N3O6. The number of hydrogen-bond acceptors (Lipinski definition) is 6. The molecule has 0 bridgehead atoms. The monoisotopic (exact) mass is 451 g/mol. The maximum Gasteiger partial charge on any atom is 0.303 e. The lowest BCUT2D eigenvalue weighted by Crippen LogP contribution is -2.53. The normalized spacial score (nSPS) is 17.8. The first-order valence-corrected chi connectivity index (χ1v) is 11.3. The number of ketones is 1. The third kappa shape index (κ3) is 11.8. The van der Waals surface area contributed by atoms with Gasteiger partial charge in [0.05, 0.1) is 12.1 Å². The lowest BCUT2D eigenvalue weighted by molar-refractivity contribution is -0.138. The van der Waals surface area contributed by atoms with E-state index in [0.717, 1.165) is 32.1 Å². The van der Waals surface area contributed by atoms with E-state index in [1.54, 1.807) is 0 Å². The summed E-state index contributed by atoms with van der Waals surface area (Å²) in [6, 6.07) is -1.42. The third-order valence-corrected chi connectivity index (χ3v) is 5.16. The minimum atomic E-state index is -1.02. The van der Waals surface area contributed by atoms with Gasteiger partial charge >= 0.3 is 5.97 Å². The highest BCUT2D eigenvalue weighted by atomic mass is 16.5. The molecule has 0 fully saturated rings. The van der Waals surface area contributed by atoms with E-state index < -0.39 is 18.1 Å². The van der Waals surface area contributed by atoms with Crippen LogP contribution in [0.3, 0.4) is 0 Å². The van der Waals surface area contributed by atoms with E-state index in [9.17, 15) is 19.2 Å². The van der Waals surface area contributed by atoms with Crippen molar-refractivity contribution in [1.82, 2.24) is 16.0 Å². The molecule has 9 nitrogen and oxygen atoms in total. The van der Waals surface area contributed by atoms with Crippen LogP contribution in [-0.2, 0) is 23.9 Å². The van der Waals surface area contributed by atoms with Gasteiger partial charge in [-0.25, -0.2) is 0 Å². The number of ether oxygens (including phenoxy) is 1. The van der Waals surface area contributed by atoms with Gasteiger partial charge in [0.2, 0.25) is 11.8 Å². The summed E-state index contributed by atoms with van der Waals surface area (Å²) >= 11 is 0. The average Bonchev–Trinajstić information content (AvgIpc) is 2.69. The average molecular weight is 452 g/mol. The van der Waals surface area contributed by atoms with Crippen molar-refractivity contribution in [2.45, 2.75) is 83.9 Å². The fraction of sp³-hybridized carbons (Fsp3) is 0.739. The Morgan fingerprint density at radius 1 is 1.12 bits per heavy atom. The molecule has 1 aliphatic rings. The van der Waals surface area contributed by atoms with Gasteiger partial charge < -0.3 is 25.8 Å². The van der Waals surface area contributed by atoms with Gasteiger partial charge in [0, 0.05) is 25.9 Å². The van der Waals surface area contributed by atoms with Crippen LogP contribution in [0.4, 0.5) is 0 Å². The first-order valence-electron chi connectivity index (χ1n) is 11.3. The van der Waals surface area contributed by atoms with Crippen molar-refractivity contribution in [2.75, 3.05) is 19.7 Å². The summed E-state index contributed by atoms with van der Waals surface area (Å²) < 4.78 is 5.60. The van der Waals surface area contributed by atoms with Crippen LogP contribution in [0.1, 0.15) is 65.7 Å². The minimum absolute atomic E-state index is 0.0443. The van der Waals surface area contributed by atoms with Gasteiger partial charge in [-0.3, -0.25) is 19.2 Å². The zero-order valence-corrected chi connectivity index (χ0v) is 19.4. The molecule has 32 heavy (non-hydrogen) atoms. The van der Waals surface area contributed by atoms with Crippen LogP contribution in [0.25, 0.3) is 0 Å². The Bertz CT molecular complexity index is 698. The second kappa shape index (κ2) is 15.4. The number of carboxylic acids is 1. The number of hydrogen-bond donors (Lipinski definition) is 4. The van der Waals surface area contributed by atoms with Gasteiger partial charge in [0.25, 0.3) is 0 Å².